The highest BCUT2D eigenvalue weighted by Gasteiger charge is 2.21. The normalized spacial score (nSPS) is 12.9. The molecule has 0 saturated heterocycles. The molecule has 1 N–H and O–H groups in total. The smallest absolute Gasteiger partial charge is 0.279 e. The zero-order valence-electron chi connectivity index (χ0n) is 16.7. The molecular formula is C22H16ClN3O5S. The summed E-state index contributed by atoms with van der Waals surface area (Å²) in [4.78, 5) is 22.1. The fourth-order valence-corrected chi connectivity index (χ4v) is 3.65. The van der Waals surface area contributed by atoms with E-state index in [9.17, 15) is 13.2 Å². The van der Waals surface area contributed by atoms with E-state index in [1.54, 1.807) is 54.6 Å². The molecule has 2 aromatic carbocycles. The van der Waals surface area contributed by atoms with Crippen LogP contribution in [0.3, 0.4) is 0 Å². The number of carbonyl (C=O) groups is 1. The van der Waals surface area contributed by atoms with Gasteiger partial charge >= 0.3 is 0 Å². The average Bonchev–Trinajstić information content (AvgIpc) is 2.80. The van der Waals surface area contributed by atoms with Crippen molar-refractivity contribution in [1.29, 1.82) is 0 Å². The van der Waals surface area contributed by atoms with Gasteiger partial charge in [-0.2, -0.15) is 8.42 Å². The SMILES string of the molecule is COc1ccc(Oc2nc3ccccc3nc2C(=O)NC2=CC=CC(=S(=O)=O)C2)c(Cl)c1. The molecule has 1 aromatic heterocycles. The van der Waals surface area contributed by atoms with E-state index in [1.165, 1.54) is 13.2 Å². The number of fused-ring (bicyclic) bond motifs is 1. The second-order valence-corrected chi connectivity index (χ2v) is 8.05. The predicted molar refractivity (Wildman–Crippen MR) is 121 cm³/mol. The minimum absolute atomic E-state index is 0.0446. The summed E-state index contributed by atoms with van der Waals surface area (Å²) in [6.45, 7) is 0. The highest BCUT2D eigenvalue weighted by atomic mass is 35.5. The maximum absolute atomic E-state index is 13.1. The van der Waals surface area contributed by atoms with Crippen molar-refractivity contribution in [3.63, 3.8) is 0 Å². The first-order valence-electron chi connectivity index (χ1n) is 9.36. The van der Waals surface area contributed by atoms with Gasteiger partial charge in [0.1, 0.15) is 11.5 Å². The minimum Gasteiger partial charge on any atom is -0.497 e. The first-order valence-corrected chi connectivity index (χ1v) is 10.8. The van der Waals surface area contributed by atoms with E-state index in [4.69, 9.17) is 21.1 Å². The molecule has 8 nitrogen and oxygen atoms in total. The van der Waals surface area contributed by atoms with Crippen LogP contribution in [0.5, 0.6) is 17.4 Å². The van der Waals surface area contributed by atoms with Crippen molar-refractivity contribution >= 4 is 43.7 Å². The van der Waals surface area contributed by atoms with Gasteiger partial charge in [0.05, 0.1) is 28.0 Å². The Bertz CT molecular complexity index is 1420. The van der Waals surface area contributed by atoms with Gasteiger partial charge in [0.25, 0.3) is 11.8 Å². The van der Waals surface area contributed by atoms with Crippen LogP contribution in [0.15, 0.2) is 66.4 Å². The van der Waals surface area contributed by atoms with Gasteiger partial charge in [-0.3, -0.25) is 4.79 Å². The van der Waals surface area contributed by atoms with Crippen LogP contribution in [0.1, 0.15) is 16.9 Å². The number of nitrogens with zero attached hydrogens (tertiary/aromatic N) is 2. The molecule has 1 aliphatic rings. The number of aromatic nitrogens is 2. The van der Waals surface area contributed by atoms with Crippen LogP contribution in [0.25, 0.3) is 11.0 Å². The third-order valence-electron chi connectivity index (χ3n) is 4.53. The Balaban J connectivity index is 1.71. The number of benzene rings is 2. The van der Waals surface area contributed by atoms with Gasteiger partial charge in [0.15, 0.2) is 5.69 Å². The maximum Gasteiger partial charge on any atom is 0.279 e. The fraction of sp³-hybridized carbons (Fsp3) is 0.0909. The van der Waals surface area contributed by atoms with Gasteiger partial charge in [-0.1, -0.05) is 29.8 Å². The molecule has 0 unspecified atom stereocenters. The number of rotatable bonds is 5. The summed E-state index contributed by atoms with van der Waals surface area (Å²) in [5, 5.41) is 2.95. The van der Waals surface area contributed by atoms with Gasteiger partial charge in [-0.15, -0.1) is 0 Å². The summed E-state index contributed by atoms with van der Waals surface area (Å²) in [6, 6.07) is 11.9. The second-order valence-electron chi connectivity index (χ2n) is 6.65. The number of halogens is 1. The fourth-order valence-electron chi connectivity index (χ4n) is 2.98. The Labute approximate surface area is 189 Å². The van der Waals surface area contributed by atoms with Crippen molar-refractivity contribution in [2.45, 2.75) is 6.42 Å². The van der Waals surface area contributed by atoms with Crippen molar-refractivity contribution in [2.75, 3.05) is 7.11 Å². The third-order valence-corrected chi connectivity index (χ3v) is 5.54. The zero-order chi connectivity index (χ0) is 22.7. The molecule has 0 atom stereocenters. The van der Waals surface area contributed by atoms with Crippen molar-refractivity contribution < 1.29 is 22.7 Å². The van der Waals surface area contributed by atoms with E-state index in [0.29, 0.717) is 22.5 Å². The number of hydrogen-bond donors (Lipinski definition) is 1. The van der Waals surface area contributed by atoms with E-state index in [0.717, 1.165) is 0 Å². The molecule has 32 heavy (non-hydrogen) atoms. The average molecular weight is 470 g/mol. The first-order chi connectivity index (χ1) is 15.4. The number of nitrogens with one attached hydrogen (secondary N) is 1. The topological polar surface area (TPSA) is 107 Å². The molecule has 0 bridgehead atoms. The summed E-state index contributed by atoms with van der Waals surface area (Å²) < 4.78 is 33.5. The number of methoxy groups -OCH3 is 1. The van der Waals surface area contributed by atoms with Crippen LogP contribution < -0.4 is 14.8 Å². The van der Waals surface area contributed by atoms with Gasteiger partial charge in [0, 0.05) is 18.2 Å². The molecule has 0 radical (unpaired) electrons. The number of allylic oxidation sites excluding steroid dienone is 4. The quantitative estimate of drug-likeness (QED) is 0.567. The molecule has 10 heteroatoms. The lowest BCUT2D eigenvalue weighted by Gasteiger charge is -2.14. The van der Waals surface area contributed by atoms with E-state index < -0.39 is 16.2 Å². The Morgan fingerprint density at radius 1 is 1.12 bits per heavy atom. The molecule has 4 rings (SSSR count). The van der Waals surface area contributed by atoms with Crippen molar-refractivity contribution in [2.24, 2.45) is 0 Å². The summed E-state index contributed by atoms with van der Waals surface area (Å²) in [5.41, 5.74) is 1.35. The molecule has 0 aliphatic heterocycles. The molecule has 1 amide bonds. The Kier molecular flexibility index (Phi) is 6.20. The van der Waals surface area contributed by atoms with E-state index in [-0.39, 0.29) is 33.6 Å². The van der Waals surface area contributed by atoms with Crippen molar-refractivity contribution in [1.82, 2.24) is 15.3 Å². The molecule has 3 aromatic rings. The Morgan fingerprint density at radius 3 is 2.56 bits per heavy atom. The molecule has 0 spiro atoms. The van der Waals surface area contributed by atoms with Gasteiger partial charge in [-0.05, 0) is 36.4 Å². The van der Waals surface area contributed by atoms with Crippen LogP contribution in [-0.4, -0.2) is 36.3 Å². The van der Waals surface area contributed by atoms with Crippen molar-refractivity contribution in [3.8, 4) is 17.4 Å². The summed E-state index contributed by atoms with van der Waals surface area (Å²) in [6.07, 6.45) is 4.68. The summed E-state index contributed by atoms with van der Waals surface area (Å²) in [5.74, 6) is 0.172. The monoisotopic (exact) mass is 469 g/mol. The summed E-state index contributed by atoms with van der Waals surface area (Å²) in [7, 11) is -0.859. The maximum atomic E-state index is 13.1. The largest absolute Gasteiger partial charge is 0.497 e. The van der Waals surface area contributed by atoms with Gasteiger partial charge < -0.3 is 14.8 Å². The number of carbonyl (C=O) groups excluding carboxylic acids is 1. The highest BCUT2D eigenvalue weighted by molar-refractivity contribution is 7.73. The third kappa shape index (κ3) is 4.63. The van der Waals surface area contributed by atoms with Crippen LogP contribution >= 0.6 is 11.6 Å². The van der Waals surface area contributed by atoms with Crippen LogP contribution in [0.4, 0.5) is 0 Å². The van der Waals surface area contributed by atoms with Gasteiger partial charge in [-0.25, -0.2) is 9.97 Å². The molecule has 1 heterocycles. The van der Waals surface area contributed by atoms with Crippen LogP contribution in [0.2, 0.25) is 5.02 Å². The van der Waals surface area contributed by atoms with E-state index >= 15 is 0 Å². The molecule has 1 aliphatic carbocycles. The Morgan fingerprint density at radius 2 is 1.88 bits per heavy atom. The Hall–Kier alpha value is -3.69. The molecule has 162 valence electrons. The molecule has 0 saturated carbocycles. The minimum atomic E-state index is -2.38. The predicted octanol–water partition coefficient (Wildman–Crippen LogP) is 3.71. The number of amides is 1. The lowest BCUT2D eigenvalue weighted by molar-refractivity contribution is 0.0957. The molecular weight excluding hydrogens is 454 g/mol. The summed E-state index contributed by atoms with van der Waals surface area (Å²) >= 11 is 6.28. The lowest BCUT2D eigenvalue weighted by atomic mass is 10.1. The standard InChI is InChI=1S/C22H16ClN3O5S/c1-30-14-9-10-19(16(23)12-14)31-22-20(25-17-7-2-3-8-18(17)26-22)21(27)24-13-5-4-6-15(11-13)32(28)29/h2-10,12H,11H2,1H3,(H,24,27). The van der Waals surface area contributed by atoms with Crippen LogP contribution in [0, 0.1) is 0 Å². The highest BCUT2D eigenvalue weighted by Crippen LogP contribution is 2.33. The second kappa shape index (κ2) is 9.21. The van der Waals surface area contributed by atoms with Gasteiger partial charge in [0.2, 0.25) is 10.3 Å². The number of ether oxygens (including phenoxy) is 2. The van der Waals surface area contributed by atoms with Crippen LogP contribution in [-0.2, 0) is 10.3 Å². The number of para-hydroxylation sites is 2. The first kappa shape index (κ1) is 21.5. The number of hydrogen-bond acceptors (Lipinski definition) is 7. The lowest BCUT2D eigenvalue weighted by Crippen LogP contribution is -2.26. The van der Waals surface area contributed by atoms with Crippen molar-refractivity contribution in [3.05, 3.63) is 77.1 Å². The molecule has 0 fully saturated rings. The van der Waals surface area contributed by atoms with E-state index in [2.05, 4.69) is 15.3 Å². The van der Waals surface area contributed by atoms with E-state index in [1.807, 2.05) is 0 Å². The zero-order valence-corrected chi connectivity index (χ0v) is 18.3.